The summed E-state index contributed by atoms with van der Waals surface area (Å²) in [6, 6.07) is 4.88. The highest BCUT2D eigenvalue weighted by Crippen LogP contribution is 2.30. The van der Waals surface area contributed by atoms with Gasteiger partial charge < -0.3 is 5.32 Å². The zero-order chi connectivity index (χ0) is 15.7. The lowest BCUT2D eigenvalue weighted by atomic mass is 9.78. The van der Waals surface area contributed by atoms with Crippen LogP contribution >= 0.6 is 27.5 Å². The van der Waals surface area contributed by atoms with Crippen molar-refractivity contribution in [2.24, 2.45) is 5.41 Å². The molecule has 0 saturated carbocycles. The highest BCUT2D eigenvalue weighted by atomic mass is 79.9. The average molecular weight is 396 g/mol. The van der Waals surface area contributed by atoms with Crippen molar-refractivity contribution in [2.75, 3.05) is 13.1 Å². The van der Waals surface area contributed by atoms with E-state index in [1.54, 1.807) is 12.1 Å². The van der Waals surface area contributed by atoms with Gasteiger partial charge in [0.05, 0.1) is 5.02 Å². The van der Waals surface area contributed by atoms with Crippen LogP contribution < -0.4 is 10.0 Å². The molecule has 0 radical (unpaired) electrons. The molecule has 21 heavy (non-hydrogen) atoms. The lowest BCUT2D eigenvalue weighted by Crippen LogP contribution is -2.52. The maximum Gasteiger partial charge on any atom is 0.242 e. The van der Waals surface area contributed by atoms with Crippen molar-refractivity contribution >= 4 is 37.6 Å². The lowest BCUT2D eigenvalue weighted by molar-refractivity contribution is 0.181. The van der Waals surface area contributed by atoms with Crippen molar-refractivity contribution in [1.29, 1.82) is 0 Å². The molecule has 1 atom stereocenters. The Morgan fingerprint density at radius 3 is 2.81 bits per heavy atom. The van der Waals surface area contributed by atoms with Gasteiger partial charge in [0, 0.05) is 17.1 Å². The first-order valence-electron chi connectivity index (χ1n) is 6.90. The standard InChI is InChI=1S/C14H20BrClN2O2S/c1-14(2)6-3-7-17-13(14)9-18-21(19,20)12-5-4-10(15)8-11(12)16/h4-5,8,13,17-18H,3,6-7,9H2,1-2H3. The number of halogens is 2. The number of sulfonamides is 1. The van der Waals surface area contributed by atoms with E-state index in [2.05, 4.69) is 39.8 Å². The Hall–Kier alpha value is -0.140. The Morgan fingerprint density at radius 2 is 2.19 bits per heavy atom. The van der Waals surface area contributed by atoms with Crippen LogP contribution in [0.4, 0.5) is 0 Å². The molecule has 1 saturated heterocycles. The Morgan fingerprint density at radius 1 is 1.48 bits per heavy atom. The minimum Gasteiger partial charge on any atom is -0.312 e. The van der Waals surface area contributed by atoms with Crippen LogP contribution in [-0.2, 0) is 10.0 Å². The Bertz CT molecular complexity index is 619. The monoisotopic (exact) mass is 394 g/mol. The van der Waals surface area contributed by atoms with Crippen molar-refractivity contribution in [2.45, 2.75) is 37.6 Å². The van der Waals surface area contributed by atoms with Crippen molar-refractivity contribution in [3.05, 3.63) is 27.7 Å². The zero-order valence-corrected chi connectivity index (χ0v) is 15.3. The molecule has 1 fully saturated rings. The first-order chi connectivity index (χ1) is 9.72. The smallest absolute Gasteiger partial charge is 0.242 e. The van der Waals surface area contributed by atoms with Crippen molar-refractivity contribution in [3.8, 4) is 0 Å². The van der Waals surface area contributed by atoms with E-state index in [4.69, 9.17) is 11.6 Å². The number of piperidine rings is 1. The predicted molar refractivity (Wildman–Crippen MR) is 89.1 cm³/mol. The quantitative estimate of drug-likeness (QED) is 0.823. The molecule has 2 N–H and O–H groups in total. The van der Waals surface area contributed by atoms with Gasteiger partial charge in [-0.1, -0.05) is 41.4 Å². The molecule has 0 bridgehead atoms. The van der Waals surface area contributed by atoms with Gasteiger partial charge in [-0.2, -0.15) is 0 Å². The minimum absolute atomic E-state index is 0.0737. The molecule has 7 heteroatoms. The molecular formula is C14H20BrClN2O2S. The number of benzene rings is 1. The van der Waals surface area contributed by atoms with E-state index in [0.29, 0.717) is 6.54 Å². The number of hydrogen-bond donors (Lipinski definition) is 2. The second kappa shape index (κ2) is 6.54. The summed E-state index contributed by atoms with van der Waals surface area (Å²) in [5.41, 5.74) is 0.0737. The van der Waals surface area contributed by atoms with Gasteiger partial charge in [0.1, 0.15) is 4.90 Å². The fourth-order valence-corrected chi connectivity index (χ4v) is 4.67. The summed E-state index contributed by atoms with van der Waals surface area (Å²) >= 11 is 9.30. The third-order valence-electron chi connectivity index (χ3n) is 3.99. The van der Waals surface area contributed by atoms with Crippen molar-refractivity contribution in [1.82, 2.24) is 10.0 Å². The van der Waals surface area contributed by atoms with Gasteiger partial charge in [-0.25, -0.2) is 13.1 Å². The summed E-state index contributed by atoms with van der Waals surface area (Å²) in [7, 11) is -3.60. The van der Waals surface area contributed by atoms with Crippen LogP contribution in [0, 0.1) is 5.41 Å². The minimum atomic E-state index is -3.60. The summed E-state index contributed by atoms with van der Waals surface area (Å²) in [6.45, 7) is 5.60. The molecule has 0 aliphatic carbocycles. The molecule has 1 heterocycles. The summed E-state index contributed by atoms with van der Waals surface area (Å²) < 4.78 is 28.2. The van der Waals surface area contributed by atoms with Gasteiger partial charge >= 0.3 is 0 Å². The molecule has 1 aliphatic heterocycles. The highest BCUT2D eigenvalue weighted by molar-refractivity contribution is 9.10. The van der Waals surface area contributed by atoms with E-state index in [0.717, 1.165) is 23.9 Å². The number of hydrogen-bond acceptors (Lipinski definition) is 3. The molecule has 0 amide bonds. The van der Waals surface area contributed by atoms with Crippen LogP contribution in [0.2, 0.25) is 5.02 Å². The first kappa shape index (κ1) is 17.2. The molecule has 2 rings (SSSR count). The van der Waals surface area contributed by atoms with E-state index in [9.17, 15) is 8.42 Å². The van der Waals surface area contributed by atoms with E-state index >= 15 is 0 Å². The van der Waals surface area contributed by atoms with Crippen LogP contribution in [-0.4, -0.2) is 27.5 Å². The fourth-order valence-electron chi connectivity index (χ4n) is 2.58. The van der Waals surface area contributed by atoms with Crippen LogP contribution in [0.1, 0.15) is 26.7 Å². The van der Waals surface area contributed by atoms with Gasteiger partial charge in [0.2, 0.25) is 10.0 Å². The van der Waals surface area contributed by atoms with Gasteiger partial charge in [-0.05, 0) is 43.0 Å². The first-order valence-corrected chi connectivity index (χ1v) is 9.56. The second-order valence-electron chi connectivity index (χ2n) is 6.03. The van der Waals surface area contributed by atoms with E-state index in [1.165, 1.54) is 6.07 Å². The zero-order valence-electron chi connectivity index (χ0n) is 12.1. The van der Waals surface area contributed by atoms with Crippen molar-refractivity contribution in [3.63, 3.8) is 0 Å². The van der Waals surface area contributed by atoms with E-state index in [-0.39, 0.29) is 21.4 Å². The molecular weight excluding hydrogens is 376 g/mol. The number of nitrogens with one attached hydrogen (secondary N) is 2. The molecule has 1 aromatic carbocycles. The molecule has 0 aromatic heterocycles. The lowest BCUT2D eigenvalue weighted by Gasteiger charge is -2.39. The largest absolute Gasteiger partial charge is 0.312 e. The molecule has 1 aromatic rings. The normalized spacial score (nSPS) is 22.2. The predicted octanol–water partition coefficient (Wildman–Crippen LogP) is 3.16. The van der Waals surface area contributed by atoms with Crippen LogP contribution in [0.25, 0.3) is 0 Å². The third-order valence-corrected chi connectivity index (χ3v) is 6.39. The van der Waals surface area contributed by atoms with Gasteiger partial charge in [0.15, 0.2) is 0 Å². The molecule has 4 nitrogen and oxygen atoms in total. The summed E-state index contributed by atoms with van der Waals surface area (Å²) in [5, 5.41) is 3.61. The molecule has 1 unspecified atom stereocenters. The summed E-state index contributed by atoms with van der Waals surface area (Å²) in [4.78, 5) is 0.112. The fraction of sp³-hybridized carbons (Fsp3) is 0.571. The van der Waals surface area contributed by atoms with Crippen molar-refractivity contribution < 1.29 is 8.42 Å². The second-order valence-corrected chi connectivity index (χ2v) is 9.08. The maximum absolute atomic E-state index is 12.4. The average Bonchev–Trinajstić information content (AvgIpc) is 2.36. The molecule has 0 spiro atoms. The van der Waals surface area contributed by atoms with Gasteiger partial charge in [-0.3, -0.25) is 0 Å². The number of rotatable bonds is 4. The van der Waals surface area contributed by atoms with Gasteiger partial charge in [0.25, 0.3) is 0 Å². The van der Waals surface area contributed by atoms with E-state index in [1.807, 2.05) is 0 Å². The molecule has 1 aliphatic rings. The molecule has 118 valence electrons. The van der Waals surface area contributed by atoms with Crippen LogP contribution in [0.3, 0.4) is 0 Å². The van der Waals surface area contributed by atoms with Crippen LogP contribution in [0.15, 0.2) is 27.6 Å². The summed E-state index contributed by atoms with van der Waals surface area (Å²) in [6.07, 6.45) is 2.21. The van der Waals surface area contributed by atoms with Gasteiger partial charge in [-0.15, -0.1) is 0 Å². The van der Waals surface area contributed by atoms with E-state index < -0.39 is 10.0 Å². The topological polar surface area (TPSA) is 58.2 Å². The SMILES string of the molecule is CC1(C)CCCNC1CNS(=O)(=O)c1ccc(Br)cc1Cl. The Labute approximate surface area is 139 Å². The maximum atomic E-state index is 12.4. The summed E-state index contributed by atoms with van der Waals surface area (Å²) in [5.74, 6) is 0. The third kappa shape index (κ3) is 4.20. The van der Waals surface area contributed by atoms with Crippen LogP contribution in [0.5, 0.6) is 0 Å². The Kier molecular flexibility index (Phi) is 5.36. The Balaban J connectivity index is 2.11. The highest BCUT2D eigenvalue weighted by Gasteiger charge is 2.33.